The normalized spacial score (nSPS) is 20.7. The summed E-state index contributed by atoms with van der Waals surface area (Å²) in [6.07, 6.45) is 0.416. The van der Waals surface area contributed by atoms with E-state index in [0.717, 1.165) is 18.8 Å². The molecule has 1 saturated heterocycles. The smallest absolute Gasteiger partial charge is 0.161 e. The largest absolute Gasteiger partial charge is 0.490 e. The van der Waals surface area contributed by atoms with Gasteiger partial charge in [0.15, 0.2) is 11.5 Å². The van der Waals surface area contributed by atoms with Crippen LogP contribution in [0.2, 0.25) is 0 Å². The molecule has 2 unspecified atom stereocenters. The Morgan fingerprint density at radius 3 is 2.67 bits per heavy atom. The zero-order valence-electron chi connectivity index (χ0n) is 10.7. The van der Waals surface area contributed by atoms with E-state index in [0.29, 0.717) is 19.0 Å². The van der Waals surface area contributed by atoms with Crippen LogP contribution in [0.25, 0.3) is 0 Å². The number of aliphatic hydroxyl groups is 1. The van der Waals surface area contributed by atoms with Crippen molar-refractivity contribution in [3.63, 3.8) is 0 Å². The maximum Gasteiger partial charge on any atom is 0.161 e. The van der Waals surface area contributed by atoms with Crippen LogP contribution in [-0.4, -0.2) is 37.6 Å². The maximum absolute atomic E-state index is 9.99. The Kier molecular flexibility index (Phi) is 4.84. The Bertz CT molecular complexity index is 361. The molecule has 1 aromatic carbocycles. The number of hydrogen-bond acceptors (Lipinski definition) is 4. The van der Waals surface area contributed by atoms with Gasteiger partial charge in [-0.25, -0.2) is 0 Å². The molecule has 4 nitrogen and oxygen atoms in total. The molecule has 18 heavy (non-hydrogen) atoms. The highest BCUT2D eigenvalue weighted by molar-refractivity contribution is 5.39. The van der Waals surface area contributed by atoms with E-state index < -0.39 is 6.10 Å². The molecule has 0 amide bonds. The summed E-state index contributed by atoms with van der Waals surface area (Å²) in [6.45, 7) is 4.16. The van der Waals surface area contributed by atoms with Gasteiger partial charge in [-0.3, -0.25) is 0 Å². The molecule has 1 heterocycles. The standard InChI is InChI=1S/C14H20O4/c1-2-17-13-5-3-4-6-14(13)18-10-12(15)11-7-8-16-9-11/h3-6,11-12,15H,2,7-10H2,1H3. The third-order valence-electron chi connectivity index (χ3n) is 3.07. The van der Waals surface area contributed by atoms with Gasteiger partial charge >= 0.3 is 0 Å². The lowest BCUT2D eigenvalue weighted by Crippen LogP contribution is -2.27. The molecule has 0 aliphatic carbocycles. The van der Waals surface area contributed by atoms with Crippen molar-refractivity contribution in [3.8, 4) is 11.5 Å². The van der Waals surface area contributed by atoms with Gasteiger partial charge in [0.25, 0.3) is 0 Å². The van der Waals surface area contributed by atoms with Crippen LogP contribution in [0.4, 0.5) is 0 Å². The van der Waals surface area contributed by atoms with Crippen LogP contribution >= 0.6 is 0 Å². The predicted molar refractivity (Wildman–Crippen MR) is 68.0 cm³/mol. The minimum absolute atomic E-state index is 0.184. The monoisotopic (exact) mass is 252 g/mol. The lowest BCUT2D eigenvalue weighted by atomic mass is 10.0. The molecule has 0 aromatic heterocycles. The topological polar surface area (TPSA) is 47.9 Å². The first kappa shape index (κ1) is 13.2. The second-order valence-corrected chi connectivity index (χ2v) is 4.38. The molecule has 2 atom stereocenters. The molecular formula is C14H20O4. The Balaban J connectivity index is 1.88. The molecule has 1 aliphatic heterocycles. The van der Waals surface area contributed by atoms with Crippen molar-refractivity contribution < 1.29 is 19.3 Å². The van der Waals surface area contributed by atoms with Crippen LogP contribution in [0.3, 0.4) is 0 Å². The van der Waals surface area contributed by atoms with Crippen LogP contribution in [0.5, 0.6) is 11.5 Å². The Morgan fingerprint density at radius 1 is 1.33 bits per heavy atom. The van der Waals surface area contributed by atoms with E-state index in [9.17, 15) is 5.11 Å². The Morgan fingerprint density at radius 2 is 2.06 bits per heavy atom. The van der Waals surface area contributed by atoms with Crippen molar-refractivity contribution in [2.75, 3.05) is 26.4 Å². The van der Waals surface area contributed by atoms with Crippen LogP contribution < -0.4 is 9.47 Å². The van der Waals surface area contributed by atoms with Gasteiger partial charge in [-0.05, 0) is 25.5 Å². The van der Waals surface area contributed by atoms with Gasteiger partial charge in [0.05, 0.1) is 19.3 Å². The first-order valence-electron chi connectivity index (χ1n) is 6.41. The predicted octanol–water partition coefficient (Wildman–Crippen LogP) is 1.86. The zero-order chi connectivity index (χ0) is 12.8. The molecule has 1 aliphatic rings. The second kappa shape index (κ2) is 6.61. The number of rotatable bonds is 6. The zero-order valence-corrected chi connectivity index (χ0v) is 10.7. The van der Waals surface area contributed by atoms with Crippen molar-refractivity contribution >= 4 is 0 Å². The second-order valence-electron chi connectivity index (χ2n) is 4.38. The molecule has 1 N–H and O–H groups in total. The third kappa shape index (κ3) is 3.37. The van der Waals surface area contributed by atoms with Gasteiger partial charge in [0.1, 0.15) is 6.61 Å². The number of benzene rings is 1. The fourth-order valence-electron chi connectivity index (χ4n) is 2.01. The van der Waals surface area contributed by atoms with Crippen molar-refractivity contribution in [3.05, 3.63) is 24.3 Å². The third-order valence-corrected chi connectivity index (χ3v) is 3.07. The Labute approximate surface area is 107 Å². The quantitative estimate of drug-likeness (QED) is 0.839. The number of hydrogen-bond donors (Lipinski definition) is 1. The molecule has 1 aromatic rings. The van der Waals surface area contributed by atoms with E-state index in [1.54, 1.807) is 0 Å². The van der Waals surface area contributed by atoms with Gasteiger partial charge < -0.3 is 19.3 Å². The summed E-state index contributed by atoms with van der Waals surface area (Å²) < 4.78 is 16.3. The van der Waals surface area contributed by atoms with Crippen LogP contribution in [-0.2, 0) is 4.74 Å². The molecule has 2 rings (SSSR count). The molecular weight excluding hydrogens is 232 g/mol. The molecule has 100 valence electrons. The first-order valence-corrected chi connectivity index (χ1v) is 6.41. The minimum Gasteiger partial charge on any atom is -0.490 e. The molecule has 0 bridgehead atoms. The first-order chi connectivity index (χ1) is 8.81. The Hall–Kier alpha value is -1.26. The van der Waals surface area contributed by atoms with E-state index in [1.807, 2.05) is 31.2 Å². The summed E-state index contributed by atoms with van der Waals surface area (Å²) in [4.78, 5) is 0. The van der Waals surface area contributed by atoms with Crippen LogP contribution in [0, 0.1) is 5.92 Å². The maximum atomic E-state index is 9.99. The van der Waals surface area contributed by atoms with E-state index in [-0.39, 0.29) is 12.5 Å². The van der Waals surface area contributed by atoms with E-state index in [2.05, 4.69) is 0 Å². The average molecular weight is 252 g/mol. The van der Waals surface area contributed by atoms with E-state index >= 15 is 0 Å². The number of para-hydroxylation sites is 2. The van der Waals surface area contributed by atoms with Crippen molar-refractivity contribution in [1.82, 2.24) is 0 Å². The van der Waals surface area contributed by atoms with Gasteiger partial charge in [0.2, 0.25) is 0 Å². The fraction of sp³-hybridized carbons (Fsp3) is 0.571. The summed E-state index contributed by atoms with van der Waals surface area (Å²) in [5.41, 5.74) is 0. The number of aliphatic hydroxyl groups excluding tert-OH is 1. The van der Waals surface area contributed by atoms with Crippen LogP contribution in [0.1, 0.15) is 13.3 Å². The van der Waals surface area contributed by atoms with Crippen LogP contribution in [0.15, 0.2) is 24.3 Å². The summed E-state index contributed by atoms with van der Waals surface area (Å²) in [7, 11) is 0. The highest BCUT2D eigenvalue weighted by Gasteiger charge is 2.24. The molecule has 0 radical (unpaired) electrons. The van der Waals surface area contributed by atoms with Crippen molar-refractivity contribution in [2.45, 2.75) is 19.4 Å². The fourth-order valence-corrected chi connectivity index (χ4v) is 2.01. The molecule has 1 fully saturated rings. The summed E-state index contributed by atoms with van der Waals surface area (Å²) in [5, 5.41) is 9.99. The minimum atomic E-state index is -0.484. The van der Waals surface area contributed by atoms with Gasteiger partial charge in [-0.15, -0.1) is 0 Å². The summed E-state index contributed by atoms with van der Waals surface area (Å²) in [6, 6.07) is 7.51. The van der Waals surface area contributed by atoms with E-state index in [4.69, 9.17) is 14.2 Å². The molecule has 0 spiro atoms. The number of ether oxygens (including phenoxy) is 3. The van der Waals surface area contributed by atoms with Crippen molar-refractivity contribution in [2.24, 2.45) is 5.92 Å². The van der Waals surface area contributed by atoms with Crippen molar-refractivity contribution in [1.29, 1.82) is 0 Å². The van der Waals surface area contributed by atoms with Gasteiger partial charge in [-0.2, -0.15) is 0 Å². The summed E-state index contributed by atoms with van der Waals surface area (Å²) >= 11 is 0. The molecule has 4 heteroatoms. The summed E-state index contributed by atoms with van der Waals surface area (Å²) in [5.74, 6) is 1.58. The van der Waals surface area contributed by atoms with E-state index in [1.165, 1.54) is 0 Å². The molecule has 0 saturated carbocycles. The lowest BCUT2D eigenvalue weighted by Gasteiger charge is -2.18. The lowest BCUT2D eigenvalue weighted by molar-refractivity contribution is 0.0489. The van der Waals surface area contributed by atoms with Gasteiger partial charge in [-0.1, -0.05) is 12.1 Å². The van der Waals surface area contributed by atoms with Gasteiger partial charge in [0, 0.05) is 12.5 Å². The highest BCUT2D eigenvalue weighted by Crippen LogP contribution is 2.27. The highest BCUT2D eigenvalue weighted by atomic mass is 16.5. The average Bonchev–Trinajstić information content (AvgIpc) is 2.92. The SMILES string of the molecule is CCOc1ccccc1OCC(O)C1CCOC1.